The van der Waals surface area contributed by atoms with E-state index in [-0.39, 0.29) is 12.3 Å². The number of hydrogen-bond donors (Lipinski definition) is 2. The number of methoxy groups -OCH3 is 1. The second kappa shape index (κ2) is 11.0. The molecule has 38 heavy (non-hydrogen) atoms. The van der Waals surface area contributed by atoms with E-state index in [9.17, 15) is 0 Å². The molecular formula is C28H30Cl2N4O4. The second-order valence-electron chi connectivity index (χ2n) is 9.39. The summed E-state index contributed by atoms with van der Waals surface area (Å²) in [6.45, 7) is 5.64. The molecule has 1 aromatic heterocycles. The van der Waals surface area contributed by atoms with Gasteiger partial charge in [0.05, 0.1) is 29.5 Å². The number of likely N-dealkylation sites (tertiary alicyclic amines) is 1. The van der Waals surface area contributed by atoms with Crippen LogP contribution in [0.3, 0.4) is 0 Å². The number of hydrogen-bond acceptors (Lipinski definition) is 8. The molecule has 0 atom stereocenters. The summed E-state index contributed by atoms with van der Waals surface area (Å²) in [5.74, 6) is 1.08. The van der Waals surface area contributed by atoms with Gasteiger partial charge in [-0.2, -0.15) is 0 Å². The number of rotatable bonds is 7. The summed E-state index contributed by atoms with van der Waals surface area (Å²) in [4.78, 5) is 6.37. The van der Waals surface area contributed by atoms with E-state index in [0.717, 1.165) is 43.8 Å². The zero-order valence-corrected chi connectivity index (χ0v) is 22.9. The predicted octanol–water partition coefficient (Wildman–Crippen LogP) is 5.70. The van der Waals surface area contributed by atoms with Gasteiger partial charge in [-0.05, 0) is 30.8 Å². The molecule has 3 aromatic rings. The van der Waals surface area contributed by atoms with Crippen molar-refractivity contribution in [3.63, 3.8) is 0 Å². The molecule has 3 N–H and O–H groups in total. The van der Waals surface area contributed by atoms with Gasteiger partial charge in [0, 0.05) is 72.3 Å². The van der Waals surface area contributed by atoms with Crippen molar-refractivity contribution in [3.05, 3.63) is 75.0 Å². The Kier molecular flexibility index (Phi) is 7.68. The summed E-state index contributed by atoms with van der Waals surface area (Å²) in [5, 5.41) is 9.73. The molecule has 200 valence electrons. The number of nitrogen functional groups attached to an aromatic ring is 1. The van der Waals surface area contributed by atoms with E-state index in [1.54, 1.807) is 12.1 Å². The minimum atomic E-state index is -0.568. The lowest BCUT2D eigenvalue weighted by molar-refractivity contribution is -0.227. The lowest BCUT2D eigenvalue weighted by Gasteiger charge is -2.43. The van der Waals surface area contributed by atoms with Gasteiger partial charge in [-0.25, -0.2) is 0 Å². The van der Waals surface area contributed by atoms with Crippen LogP contribution in [0.25, 0.3) is 0 Å². The Labute approximate surface area is 232 Å². The molecule has 0 saturated carbocycles. The lowest BCUT2D eigenvalue weighted by atomic mass is 9.97. The number of nitrogens with two attached hydrogens (primary N) is 1. The number of nitrogens with one attached hydrogen (secondary N) is 1. The van der Waals surface area contributed by atoms with Crippen molar-refractivity contribution in [1.29, 1.82) is 5.41 Å². The summed E-state index contributed by atoms with van der Waals surface area (Å²) in [6.07, 6.45) is 4.68. The predicted molar refractivity (Wildman–Crippen MR) is 148 cm³/mol. The SMILES string of the molecule is CCN1CCC2(CC1)OCc1cc(C(=N)c3cc(OCc4c(Cl)cncc4Cl)c(OC)cc3N)ccc1O2. The molecule has 1 spiro atoms. The van der Waals surface area contributed by atoms with Gasteiger partial charge in [0.2, 0.25) is 5.79 Å². The number of ether oxygens (including phenoxy) is 4. The number of fused-ring (bicyclic) bond motifs is 1. The molecule has 0 radical (unpaired) electrons. The number of pyridine rings is 1. The van der Waals surface area contributed by atoms with Gasteiger partial charge in [-0.15, -0.1) is 0 Å². The Hall–Kier alpha value is -3.04. The topological polar surface area (TPSA) is 103 Å². The monoisotopic (exact) mass is 556 g/mol. The van der Waals surface area contributed by atoms with Crippen LogP contribution in [0.1, 0.15) is 42.0 Å². The van der Waals surface area contributed by atoms with Crippen LogP contribution < -0.4 is 19.9 Å². The molecule has 10 heteroatoms. The van der Waals surface area contributed by atoms with E-state index in [4.69, 9.17) is 53.3 Å². The lowest BCUT2D eigenvalue weighted by Crippen LogP contribution is -2.51. The average molecular weight is 557 g/mol. The number of benzene rings is 2. The number of nitrogens with zero attached hydrogens (tertiary/aromatic N) is 2. The number of aromatic nitrogens is 1. The van der Waals surface area contributed by atoms with Crippen molar-refractivity contribution >= 4 is 34.6 Å². The van der Waals surface area contributed by atoms with Crippen LogP contribution in [-0.4, -0.2) is 48.1 Å². The van der Waals surface area contributed by atoms with Crippen LogP contribution in [0.5, 0.6) is 17.2 Å². The van der Waals surface area contributed by atoms with Gasteiger partial charge in [0.15, 0.2) is 11.5 Å². The maximum Gasteiger partial charge on any atom is 0.213 e. The smallest absolute Gasteiger partial charge is 0.213 e. The Balaban J connectivity index is 1.36. The van der Waals surface area contributed by atoms with Crippen LogP contribution in [0.2, 0.25) is 10.0 Å². The Morgan fingerprint density at radius 3 is 2.55 bits per heavy atom. The van der Waals surface area contributed by atoms with Crippen LogP contribution in [-0.2, 0) is 18.0 Å². The van der Waals surface area contributed by atoms with Gasteiger partial charge in [0.25, 0.3) is 0 Å². The summed E-state index contributed by atoms with van der Waals surface area (Å²) in [5.41, 5.74) is 9.68. The van der Waals surface area contributed by atoms with E-state index < -0.39 is 5.79 Å². The van der Waals surface area contributed by atoms with Gasteiger partial charge in [-0.1, -0.05) is 30.1 Å². The normalized spacial score (nSPS) is 16.5. The first-order valence-electron chi connectivity index (χ1n) is 12.5. The van der Waals surface area contributed by atoms with Crippen LogP contribution in [0.15, 0.2) is 42.7 Å². The molecule has 2 aromatic carbocycles. The van der Waals surface area contributed by atoms with E-state index in [1.165, 1.54) is 19.5 Å². The Bertz CT molecular complexity index is 1340. The molecule has 8 nitrogen and oxygen atoms in total. The summed E-state index contributed by atoms with van der Waals surface area (Å²) in [7, 11) is 1.53. The van der Waals surface area contributed by atoms with E-state index in [2.05, 4.69) is 16.8 Å². The zero-order chi connectivity index (χ0) is 26.9. The summed E-state index contributed by atoms with van der Waals surface area (Å²) in [6, 6.07) is 9.06. The fourth-order valence-corrected chi connectivity index (χ4v) is 5.26. The molecular weight excluding hydrogens is 527 g/mol. The molecule has 2 aliphatic heterocycles. The van der Waals surface area contributed by atoms with Crippen molar-refractivity contribution in [2.75, 3.05) is 32.5 Å². The summed E-state index contributed by atoms with van der Waals surface area (Å²) < 4.78 is 24.1. The van der Waals surface area contributed by atoms with Crippen molar-refractivity contribution in [2.24, 2.45) is 0 Å². The third kappa shape index (κ3) is 5.27. The highest BCUT2D eigenvalue weighted by Crippen LogP contribution is 2.39. The molecule has 0 bridgehead atoms. The minimum absolute atomic E-state index is 0.0958. The minimum Gasteiger partial charge on any atom is -0.493 e. The van der Waals surface area contributed by atoms with Gasteiger partial charge < -0.3 is 29.6 Å². The van der Waals surface area contributed by atoms with E-state index in [1.807, 2.05) is 18.2 Å². The number of halogens is 2. The molecule has 2 aliphatic rings. The van der Waals surface area contributed by atoms with Crippen molar-refractivity contribution in [1.82, 2.24) is 9.88 Å². The molecule has 5 rings (SSSR count). The molecule has 0 unspecified atom stereocenters. The highest BCUT2D eigenvalue weighted by atomic mass is 35.5. The zero-order valence-electron chi connectivity index (χ0n) is 21.4. The van der Waals surface area contributed by atoms with Crippen LogP contribution in [0.4, 0.5) is 5.69 Å². The first kappa shape index (κ1) is 26.6. The maximum absolute atomic E-state index is 8.94. The van der Waals surface area contributed by atoms with Crippen LogP contribution in [0, 0.1) is 5.41 Å². The van der Waals surface area contributed by atoms with Crippen LogP contribution >= 0.6 is 23.2 Å². The summed E-state index contributed by atoms with van der Waals surface area (Å²) >= 11 is 12.5. The molecule has 1 fully saturated rings. The molecule has 1 saturated heterocycles. The molecule has 3 heterocycles. The maximum atomic E-state index is 8.94. The average Bonchev–Trinajstić information content (AvgIpc) is 2.93. The van der Waals surface area contributed by atoms with Gasteiger partial charge >= 0.3 is 0 Å². The third-order valence-corrected chi connectivity index (χ3v) is 7.78. The van der Waals surface area contributed by atoms with Gasteiger partial charge in [-0.3, -0.25) is 10.4 Å². The van der Waals surface area contributed by atoms with Crippen molar-refractivity contribution < 1.29 is 18.9 Å². The highest BCUT2D eigenvalue weighted by molar-refractivity contribution is 6.35. The fraction of sp³-hybridized carbons (Fsp3) is 0.357. The fourth-order valence-electron chi connectivity index (χ4n) is 4.79. The third-order valence-electron chi connectivity index (χ3n) is 7.13. The Morgan fingerprint density at radius 2 is 1.87 bits per heavy atom. The number of piperidine rings is 1. The molecule has 0 aliphatic carbocycles. The highest BCUT2D eigenvalue weighted by Gasteiger charge is 2.40. The quantitative estimate of drug-likeness (QED) is 0.284. The Morgan fingerprint density at radius 1 is 1.13 bits per heavy atom. The van der Waals surface area contributed by atoms with E-state index >= 15 is 0 Å². The second-order valence-corrected chi connectivity index (χ2v) is 10.2. The van der Waals surface area contributed by atoms with Crippen molar-refractivity contribution in [2.45, 2.75) is 38.8 Å². The van der Waals surface area contributed by atoms with Crippen molar-refractivity contribution in [3.8, 4) is 17.2 Å². The number of anilines is 1. The van der Waals surface area contributed by atoms with Gasteiger partial charge in [0.1, 0.15) is 12.4 Å². The van der Waals surface area contributed by atoms with E-state index in [0.29, 0.717) is 50.5 Å². The first-order chi connectivity index (χ1) is 18.3. The standard InChI is InChI=1S/C28H30Cl2N4O4/c1-3-34-8-6-28(7-9-34)37-15-18-10-17(4-5-24(18)38-28)27(32)19-11-26(25(35-2)12-23(19)31)36-16-20-21(29)13-33-14-22(20)30/h4-5,10-14,32H,3,6-9,15-16,31H2,1-2H3. The molecule has 0 amide bonds. The largest absolute Gasteiger partial charge is 0.493 e. The first-order valence-corrected chi connectivity index (χ1v) is 13.2.